The summed E-state index contributed by atoms with van der Waals surface area (Å²) in [5.74, 6) is 0.894. The summed E-state index contributed by atoms with van der Waals surface area (Å²) in [5.41, 5.74) is 4.90. The van der Waals surface area contributed by atoms with Gasteiger partial charge in [0.05, 0.1) is 12.8 Å². The largest absolute Gasteiger partial charge is 0.497 e. The first-order chi connectivity index (χ1) is 11.8. The van der Waals surface area contributed by atoms with Crippen LogP contribution in [0.1, 0.15) is 16.8 Å². The highest BCUT2D eigenvalue weighted by molar-refractivity contribution is 7.98. The van der Waals surface area contributed by atoms with Crippen LogP contribution < -0.4 is 4.74 Å². The van der Waals surface area contributed by atoms with Crippen molar-refractivity contribution in [3.8, 4) is 5.75 Å². The van der Waals surface area contributed by atoms with Crippen molar-refractivity contribution in [1.82, 2.24) is 19.9 Å². The zero-order valence-corrected chi connectivity index (χ0v) is 14.7. The lowest BCUT2D eigenvalue weighted by Gasteiger charge is -2.27. The van der Waals surface area contributed by atoms with Crippen LogP contribution in [0.2, 0.25) is 0 Å². The van der Waals surface area contributed by atoms with Crippen LogP contribution in [-0.2, 0) is 19.5 Å². The molecule has 1 aliphatic heterocycles. The third-order valence-corrected chi connectivity index (χ3v) is 5.10. The van der Waals surface area contributed by atoms with Crippen molar-refractivity contribution in [2.45, 2.75) is 24.7 Å². The van der Waals surface area contributed by atoms with Crippen LogP contribution >= 0.6 is 11.8 Å². The van der Waals surface area contributed by atoms with Crippen LogP contribution in [0.3, 0.4) is 0 Å². The molecule has 124 valence electrons. The number of aromatic amines is 1. The molecule has 1 N–H and O–H groups in total. The number of fused-ring (bicyclic) bond motifs is 2. The van der Waals surface area contributed by atoms with Gasteiger partial charge in [0.2, 0.25) is 0 Å². The third kappa shape index (κ3) is 2.87. The molecule has 0 fully saturated rings. The fourth-order valence-electron chi connectivity index (χ4n) is 3.25. The average molecular weight is 340 g/mol. The molecule has 3 heterocycles. The maximum atomic E-state index is 5.36. The van der Waals surface area contributed by atoms with E-state index in [0.29, 0.717) is 0 Å². The summed E-state index contributed by atoms with van der Waals surface area (Å²) >= 11 is 1.60. The molecule has 0 unspecified atom stereocenters. The topological polar surface area (TPSA) is 54.0 Å². The Kier molecular flexibility index (Phi) is 4.16. The van der Waals surface area contributed by atoms with E-state index in [-0.39, 0.29) is 0 Å². The SMILES string of the molecule is COc1ccc2[nH]cc(CN3CCc4nc(SC)ncc4C3)c2c1. The van der Waals surface area contributed by atoms with Gasteiger partial charge >= 0.3 is 0 Å². The minimum absolute atomic E-state index is 0.867. The minimum Gasteiger partial charge on any atom is -0.497 e. The number of rotatable bonds is 4. The highest BCUT2D eigenvalue weighted by atomic mass is 32.2. The lowest BCUT2D eigenvalue weighted by molar-refractivity contribution is 0.243. The fraction of sp³-hybridized carbons (Fsp3) is 0.333. The predicted octanol–water partition coefficient (Wildman–Crippen LogP) is 3.25. The van der Waals surface area contributed by atoms with Gasteiger partial charge in [0.15, 0.2) is 5.16 Å². The lowest BCUT2D eigenvalue weighted by atomic mass is 10.1. The summed E-state index contributed by atoms with van der Waals surface area (Å²) in [5, 5.41) is 2.10. The molecule has 0 aliphatic carbocycles. The number of ether oxygens (including phenoxy) is 1. The molecule has 6 heteroatoms. The molecule has 0 bridgehead atoms. The van der Waals surface area contributed by atoms with E-state index in [1.165, 1.54) is 22.2 Å². The molecule has 0 saturated heterocycles. The van der Waals surface area contributed by atoms with Crippen molar-refractivity contribution in [2.75, 3.05) is 19.9 Å². The molecule has 1 aliphatic rings. The summed E-state index contributed by atoms with van der Waals surface area (Å²) in [6, 6.07) is 6.16. The van der Waals surface area contributed by atoms with E-state index in [1.54, 1.807) is 18.9 Å². The Labute approximate surface area is 145 Å². The van der Waals surface area contributed by atoms with Crippen molar-refractivity contribution in [3.63, 3.8) is 0 Å². The molecule has 0 radical (unpaired) electrons. The third-order valence-electron chi connectivity index (χ3n) is 4.54. The minimum atomic E-state index is 0.867. The van der Waals surface area contributed by atoms with E-state index < -0.39 is 0 Å². The number of nitrogens with zero attached hydrogens (tertiary/aromatic N) is 3. The normalized spacial score (nSPS) is 14.8. The van der Waals surface area contributed by atoms with E-state index in [9.17, 15) is 0 Å². The van der Waals surface area contributed by atoms with Crippen molar-refractivity contribution in [2.24, 2.45) is 0 Å². The molecule has 3 aromatic rings. The van der Waals surface area contributed by atoms with Crippen LogP contribution in [0.4, 0.5) is 0 Å². The number of hydrogen-bond acceptors (Lipinski definition) is 5. The molecular weight excluding hydrogens is 320 g/mol. The van der Waals surface area contributed by atoms with E-state index >= 15 is 0 Å². The van der Waals surface area contributed by atoms with E-state index in [0.717, 1.165) is 42.5 Å². The van der Waals surface area contributed by atoms with E-state index in [4.69, 9.17) is 4.74 Å². The smallest absolute Gasteiger partial charge is 0.187 e. The Bertz CT molecular complexity index is 877. The summed E-state index contributed by atoms with van der Waals surface area (Å²) < 4.78 is 5.36. The molecule has 0 amide bonds. The van der Waals surface area contributed by atoms with E-state index in [2.05, 4.69) is 38.2 Å². The Hall–Kier alpha value is -2.05. The van der Waals surface area contributed by atoms with Crippen LogP contribution in [0.15, 0.2) is 35.7 Å². The van der Waals surface area contributed by atoms with Crippen LogP contribution in [0.25, 0.3) is 10.9 Å². The second-order valence-electron chi connectivity index (χ2n) is 6.01. The van der Waals surface area contributed by atoms with Crippen molar-refractivity contribution >= 4 is 22.7 Å². The molecular formula is C18H20N4OS. The van der Waals surface area contributed by atoms with Crippen molar-refractivity contribution < 1.29 is 4.74 Å². The zero-order chi connectivity index (χ0) is 16.5. The Morgan fingerprint density at radius 1 is 1.38 bits per heavy atom. The highest BCUT2D eigenvalue weighted by Gasteiger charge is 2.19. The maximum Gasteiger partial charge on any atom is 0.187 e. The van der Waals surface area contributed by atoms with Gasteiger partial charge in [0.25, 0.3) is 0 Å². The monoisotopic (exact) mass is 340 g/mol. The highest BCUT2D eigenvalue weighted by Crippen LogP contribution is 2.26. The predicted molar refractivity (Wildman–Crippen MR) is 96.5 cm³/mol. The number of thioether (sulfide) groups is 1. The average Bonchev–Trinajstić information content (AvgIpc) is 3.03. The van der Waals surface area contributed by atoms with E-state index in [1.807, 2.05) is 18.5 Å². The molecule has 24 heavy (non-hydrogen) atoms. The zero-order valence-electron chi connectivity index (χ0n) is 13.9. The van der Waals surface area contributed by atoms with Crippen LogP contribution in [-0.4, -0.2) is 39.8 Å². The van der Waals surface area contributed by atoms with Gasteiger partial charge in [-0.3, -0.25) is 4.90 Å². The van der Waals surface area contributed by atoms with Gasteiger partial charge in [-0.2, -0.15) is 0 Å². The first-order valence-corrected chi connectivity index (χ1v) is 9.24. The number of nitrogens with one attached hydrogen (secondary N) is 1. The van der Waals surface area contributed by atoms with Gasteiger partial charge in [-0.25, -0.2) is 9.97 Å². The van der Waals surface area contributed by atoms with Crippen molar-refractivity contribution in [3.05, 3.63) is 47.4 Å². The van der Waals surface area contributed by atoms with Gasteiger partial charge in [-0.1, -0.05) is 11.8 Å². The van der Waals surface area contributed by atoms with Gasteiger partial charge < -0.3 is 9.72 Å². The van der Waals surface area contributed by atoms with Gasteiger partial charge in [-0.15, -0.1) is 0 Å². The molecule has 0 atom stereocenters. The summed E-state index contributed by atoms with van der Waals surface area (Å²) in [7, 11) is 1.71. The lowest BCUT2D eigenvalue weighted by Crippen LogP contribution is -2.30. The molecule has 2 aromatic heterocycles. The van der Waals surface area contributed by atoms with Gasteiger partial charge in [-0.05, 0) is 30.0 Å². The number of H-pyrrole nitrogens is 1. The number of aromatic nitrogens is 3. The summed E-state index contributed by atoms with van der Waals surface area (Å²) in [6.45, 7) is 2.84. The second kappa shape index (κ2) is 6.45. The van der Waals surface area contributed by atoms with Crippen LogP contribution in [0, 0.1) is 0 Å². The summed E-state index contributed by atoms with van der Waals surface area (Å²) in [4.78, 5) is 14.9. The van der Waals surface area contributed by atoms with Crippen molar-refractivity contribution in [1.29, 1.82) is 0 Å². The van der Waals surface area contributed by atoms with Crippen LogP contribution in [0.5, 0.6) is 5.75 Å². The maximum absolute atomic E-state index is 5.36. The Morgan fingerprint density at radius 3 is 3.12 bits per heavy atom. The van der Waals surface area contributed by atoms with Gasteiger partial charge in [0, 0.05) is 54.9 Å². The standard InChI is InChI=1S/C18H20N4OS/c1-23-14-3-4-17-15(7-14)12(8-19-17)10-22-6-5-16-13(11-22)9-20-18(21-16)24-2/h3-4,7-9,19H,5-6,10-11H2,1-2H3. The first-order valence-electron chi connectivity index (χ1n) is 8.02. The molecule has 5 nitrogen and oxygen atoms in total. The Morgan fingerprint density at radius 2 is 2.29 bits per heavy atom. The number of hydrogen-bond donors (Lipinski definition) is 1. The molecule has 0 saturated carbocycles. The quantitative estimate of drug-likeness (QED) is 0.584. The fourth-order valence-corrected chi connectivity index (χ4v) is 3.61. The second-order valence-corrected chi connectivity index (χ2v) is 6.79. The molecule has 0 spiro atoms. The number of methoxy groups -OCH3 is 1. The molecule has 4 rings (SSSR count). The number of benzene rings is 1. The first kappa shape index (κ1) is 15.5. The Balaban J connectivity index is 1.56. The summed E-state index contributed by atoms with van der Waals surface area (Å²) in [6.07, 6.45) is 7.09. The molecule has 1 aromatic carbocycles. The van der Waals surface area contributed by atoms with Gasteiger partial charge in [0.1, 0.15) is 5.75 Å².